The number of hydrogen-bond donors (Lipinski definition) is 1. The molecule has 0 aliphatic heterocycles. The van der Waals surface area contributed by atoms with Gasteiger partial charge in [-0.1, -0.05) is 12.7 Å². The maximum absolute atomic E-state index is 12.6. The van der Waals surface area contributed by atoms with Crippen LogP contribution in [0.15, 0.2) is 24.4 Å². The van der Waals surface area contributed by atoms with Crippen molar-refractivity contribution in [3.05, 3.63) is 24.4 Å². The van der Waals surface area contributed by atoms with Gasteiger partial charge in [-0.25, -0.2) is 0 Å². The van der Waals surface area contributed by atoms with Crippen molar-refractivity contribution < 1.29 is 4.79 Å². The monoisotopic (exact) mass is 245 g/mol. The van der Waals surface area contributed by atoms with Gasteiger partial charge in [-0.05, 0) is 69.3 Å². The number of amides is 1. The van der Waals surface area contributed by atoms with Gasteiger partial charge in [0.05, 0.1) is 5.41 Å². The molecule has 0 saturated heterocycles. The molecule has 98 valence electrons. The van der Waals surface area contributed by atoms with Gasteiger partial charge in [-0.3, -0.25) is 4.79 Å². The van der Waals surface area contributed by atoms with Crippen molar-refractivity contribution in [2.24, 2.45) is 23.2 Å². The Morgan fingerprint density at radius 3 is 2.11 bits per heavy atom. The number of allylic oxidation sites excluding steroid dienone is 3. The van der Waals surface area contributed by atoms with Crippen LogP contribution in [0.25, 0.3) is 0 Å². The van der Waals surface area contributed by atoms with Crippen LogP contribution in [0.3, 0.4) is 0 Å². The van der Waals surface area contributed by atoms with Gasteiger partial charge in [0, 0.05) is 5.70 Å². The van der Waals surface area contributed by atoms with E-state index in [4.69, 9.17) is 0 Å². The lowest BCUT2D eigenvalue weighted by atomic mass is 9.49. The Labute approximate surface area is 110 Å². The summed E-state index contributed by atoms with van der Waals surface area (Å²) < 4.78 is 0. The molecule has 0 aromatic carbocycles. The van der Waals surface area contributed by atoms with E-state index in [-0.39, 0.29) is 11.3 Å². The van der Waals surface area contributed by atoms with E-state index in [9.17, 15) is 4.79 Å². The van der Waals surface area contributed by atoms with Crippen LogP contribution in [-0.2, 0) is 4.79 Å². The van der Waals surface area contributed by atoms with Crippen LogP contribution in [0.2, 0.25) is 0 Å². The fourth-order valence-electron chi connectivity index (χ4n) is 4.92. The fourth-order valence-corrected chi connectivity index (χ4v) is 4.92. The number of carbonyl (C=O) groups is 1. The van der Waals surface area contributed by atoms with E-state index in [2.05, 4.69) is 11.9 Å². The van der Waals surface area contributed by atoms with E-state index in [1.165, 1.54) is 19.3 Å². The third-order valence-electron chi connectivity index (χ3n) is 5.20. The second kappa shape index (κ2) is 4.25. The molecule has 1 amide bonds. The summed E-state index contributed by atoms with van der Waals surface area (Å²) >= 11 is 0. The minimum atomic E-state index is -0.0367. The Morgan fingerprint density at radius 1 is 1.17 bits per heavy atom. The predicted molar refractivity (Wildman–Crippen MR) is 72.7 cm³/mol. The first-order chi connectivity index (χ1) is 8.61. The highest BCUT2D eigenvalue weighted by atomic mass is 16.2. The van der Waals surface area contributed by atoms with Crippen molar-refractivity contribution in [3.8, 4) is 0 Å². The van der Waals surface area contributed by atoms with Crippen molar-refractivity contribution in [1.29, 1.82) is 0 Å². The summed E-state index contributed by atoms with van der Waals surface area (Å²) in [6, 6.07) is 0. The van der Waals surface area contributed by atoms with E-state index in [0.29, 0.717) is 0 Å². The molecule has 0 spiro atoms. The third-order valence-corrected chi connectivity index (χ3v) is 5.20. The molecule has 4 fully saturated rings. The van der Waals surface area contributed by atoms with Crippen molar-refractivity contribution in [3.63, 3.8) is 0 Å². The topological polar surface area (TPSA) is 29.1 Å². The van der Waals surface area contributed by atoms with Crippen molar-refractivity contribution in [2.45, 2.75) is 45.4 Å². The molecule has 4 bridgehead atoms. The molecule has 2 heteroatoms. The van der Waals surface area contributed by atoms with Crippen LogP contribution < -0.4 is 5.32 Å². The molecule has 0 radical (unpaired) electrons. The molecule has 2 nitrogen and oxygen atoms in total. The molecule has 0 aromatic heterocycles. The molecule has 0 unspecified atom stereocenters. The lowest BCUT2D eigenvalue weighted by Crippen LogP contribution is -2.53. The normalized spacial score (nSPS) is 41.8. The average molecular weight is 245 g/mol. The van der Waals surface area contributed by atoms with E-state index >= 15 is 0 Å². The number of carbonyl (C=O) groups excluding carboxylic acids is 1. The average Bonchev–Trinajstić information content (AvgIpc) is 2.27. The maximum Gasteiger partial charge on any atom is 0.230 e. The van der Waals surface area contributed by atoms with Crippen LogP contribution in [-0.4, -0.2) is 5.91 Å². The van der Waals surface area contributed by atoms with Crippen LogP contribution in [0.4, 0.5) is 0 Å². The SMILES string of the molecule is C=CC=C(C)NC(=O)C12CC3CC(CC(C3)C1)C2. The summed E-state index contributed by atoms with van der Waals surface area (Å²) in [6.45, 7) is 5.62. The lowest BCUT2D eigenvalue weighted by Gasteiger charge is -2.55. The molecule has 4 rings (SSSR count). The summed E-state index contributed by atoms with van der Waals surface area (Å²) in [5.74, 6) is 2.75. The van der Waals surface area contributed by atoms with Crippen LogP contribution in [0.1, 0.15) is 45.4 Å². The molecule has 18 heavy (non-hydrogen) atoms. The van der Waals surface area contributed by atoms with Gasteiger partial charge in [-0.15, -0.1) is 0 Å². The first-order valence-electron chi connectivity index (χ1n) is 7.22. The molecule has 0 heterocycles. The molecule has 0 atom stereocenters. The highest BCUT2D eigenvalue weighted by Gasteiger charge is 2.54. The lowest BCUT2D eigenvalue weighted by molar-refractivity contribution is -0.145. The number of rotatable bonds is 3. The van der Waals surface area contributed by atoms with Crippen molar-refractivity contribution >= 4 is 5.91 Å². The Kier molecular flexibility index (Phi) is 2.84. The van der Waals surface area contributed by atoms with Gasteiger partial charge in [0.25, 0.3) is 0 Å². The van der Waals surface area contributed by atoms with E-state index in [1.807, 2.05) is 13.0 Å². The van der Waals surface area contributed by atoms with Gasteiger partial charge in [-0.2, -0.15) is 0 Å². The molecule has 4 aliphatic rings. The Morgan fingerprint density at radius 2 is 1.67 bits per heavy atom. The second-order valence-electron chi connectivity index (χ2n) is 6.74. The summed E-state index contributed by atoms with van der Waals surface area (Å²) in [7, 11) is 0. The number of nitrogens with one attached hydrogen (secondary N) is 1. The molecular weight excluding hydrogens is 222 g/mol. The zero-order chi connectivity index (χ0) is 12.8. The molecule has 4 aliphatic carbocycles. The quantitative estimate of drug-likeness (QED) is 0.758. The van der Waals surface area contributed by atoms with Crippen LogP contribution >= 0.6 is 0 Å². The first-order valence-corrected chi connectivity index (χ1v) is 7.22. The zero-order valence-electron chi connectivity index (χ0n) is 11.2. The van der Waals surface area contributed by atoms with Gasteiger partial charge in [0.1, 0.15) is 0 Å². The molecular formula is C16H23NO. The highest BCUT2D eigenvalue weighted by Crippen LogP contribution is 2.60. The Balaban J connectivity index is 1.77. The molecule has 1 N–H and O–H groups in total. The summed E-state index contributed by atoms with van der Waals surface area (Å²) in [4.78, 5) is 12.6. The fraction of sp³-hybridized carbons (Fsp3) is 0.688. The molecule has 4 saturated carbocycles. The smallest absolute Gasteiger partial charge is 0.230 e. The second-order valence-corrected chi connectivity index (χ2v) is 6.74. The summed E-state index contributed by atoms with van der Waals surface area (Å²) in [5, 5.41) is 3.09. The third kappa shape index (κ3) is 1.92. The maximum atomic E-state index is 12.6. The first kappa shape index (κ1) is 12.0. The van der Waals surface area contributed by atoms with Crippen molar-refractivity contribution in [2.75, 3.05) is 0 Å². The minimum absolute atomic E-state index is 0.0367. The van der Waals surface area contributed by atoms with E-state index in [1.54, 1.807) is 6.08 Å². The summed E-state index contributed by atoms with van der Waals surface area (Å²) in [6.07, 6.45) is 11.1. The Bertz CT molecular complexity index is 372. The van der Waals surface area contributed by atoms with Crippen LogP contribution in [0, 0.1) is 23.2 Å². The largest absolute Gasteiger partial charge is 0.330 e. The van der Waals surface area contributed by atoms with E-state index in [0.717, 1.165) is 42.7 Å². The number of hydrogen-bond acceptors (Lipinski definition) is 1. The van der Waals surface area contributed by atoms with Crippen LogP contribution in [0.5, 0.6) is 0 Å². The standard InChI is InChI=1S/C16H23NO/c1-3-4-11(2)17-15(18)16-8-12-5-13(9-16)7-14(6-12)10-16/h3-4,12-14H,1,5-10H2,2H3,(H,17,18). The minimum Gasteiger partial charge on any atom is -0.330 e. The van der Waals surface area contributed by atoms with Gasteiger partial charge in [0.2, 0.25) is 5.91 Å². The van der Waals surface area contributed by atoms with E-state index < -0.39 is 0 Å². The van der Waals surface area contributed by atoms with Gasteiger partial charge in [0.15, 0.2) is 0 Å². The highest BCUT2D eigenvalue weighted by molar-refractivity contribution is 5.84. The van der Waals surface area contributed by atoms with Gasteiger partial charge < -0.3 is 5.32 Å². The van der Waals surface area contributed by atoms with Crippen molar-refractivity contribution in [1.82, 2.24) is 5.32 Å². The zero-order valence-corrected chi connectivity index (χ0v) is 11.2. The molecule has 0 aromatic rings. The predicted octanol–water partition coefficient (Wildman–Crippen LogP) is 3.41. The van der Waals surface area contributed by atoms with Gasteiger partial charge >= 0.3 is 0 Å². The Hall–Kier alpha value is -1.05. The summed E-state index contributed by atoms with van der Waals surface area (Å²) in [5.41, 5.74) is 0.885.